The molecule has 0 bridgehead atoms. The minimum absolute atomic E-state index is 0.374. The molecule has 2 aromatic rings. The van der Waals surface area contributed by atoms with Gasteiger partial charge in [0.1, 0.15) is 5.56 Å². The number of ether oxygens (including phenoxy) is 1. The van der Waals surface area contributed by atoms with Gasteiger partial charge in [0.15, 0.2) is 5.82 Å². The summed E-state index contributed by atoms with van der Waals surface area (Å²) >= 11 is 0. The van der Waals surface area contributed by atoms with Crippen molar-refractivity contribution in [1.82, 2.24) is 9.55 Å². The molecule has 0 aliphatic rings. The van der Waals surface area contributed by atoms with E-state index in [1.165, 1.54) is 7.11 Å². The number of hydrogen-bond acceptors (Lipinski definition) is 3. The fourth-order valence-electron chi connectivity index (χ4n) is 1.85. The van der Waals surface area contributed by atoms with Crippen molar-refractivity contribution in [3.63, 3.8) is 0 Å². The number of esters is 1. The molecule has 0 aliphatic carbocycles. The summed E-state index contributed by atoms with van der Waals surface area (Å²) in [6, 6.07) is 7.42. The molecule has 0 spiro atoms. The summed E-state index contributed by atoms with van der Waals surface area (Å²) in [7, 11) is 1.37. The number of carbonyl (C=O) groups is 1. The lowest BCUT2D eigenvalue weighted by Crippen LogP contribution is -2.11. The average molecular weight is 230 g/mol. The Morgan fingerprint density at radius 1 is 1.24 bits per heavy atom. The molecule has 2 rings (SSSR count). The molecule has 0 radical (unpaired) electrons. The number of aryl methyl sites for hydroxylation is 2. The van der Waals surface area contributed by atoms with Crippen molar-refractivity contribution >= 4 is 5.97 Å². The summed E-state index contributed by atoms with van der Waals surface area (Å²) in [6.45, 7) is 3.95. The Labute approximate surface area is 99.9 Å². The Morgan fingerprint density at radius 3 is 2.47 bits per heavy atom. The fourth-order valence-corrected chi connectivity index (χ4v) is 1.85. The van der Waals surface area contributed by atoms with Gasteiger partial charge in [-0.05, 0) is 38.1 Å². The molecule has 0 aromatic carbocycles. The molecule has 0 N–H and O–H groups in total. The lowest BCUT2D eigenvalue weighted by molar-refractivity contribution is 0.0600. The van der Waals surface area contributed by atoms with Gasteiger partial charge in [-0.25, -0.2) is 9.78 Å². The Hall–Kier alpha value is -2.10. The van der Waals surface area contributed by atoms with Crippen LogP contribution in [0.1, 0.15) is 21.7 Å². The van der Waals surface area contributed by atoms with Crippen molar-refractivity contribution < 1.29 is 9.53 Å². The van der Waals surface area contributed by atoms with Gasteiger partial charge in [-0.15, -0.1) is 0 Å². The molecule has 0 amide bonds. The molecule has 4 nitrogen and oxygen atoms in total. The molecule has 2 heterocycles. The Morgan fingerprint density at radius 2 is 1.88 bits per heavy atom. The minimum atomic E-state index is -0.374. The van der Waals surface area contributed by atoms with E-state index >= 15 is 0 Å². The first-order chi connectivity index (χ1) is 8.15. The van der Waals surface area contributed by atoms with Gasteiger partial charge in [0, 0.05) is 17.6 Å². The fraction of sp³-hybridized carbons (Fsp3) is 0.231. The predicted molar refractivity (Wildman–Crippen MR) is 64.4 cm³/mol. The number of carbonyl (C=O) groups excluding carboxylic acids is 1. The van der Waals surface area contributed by atoms with E-state index in [1.54, 1.807) is 18.3 Å². The van der Waals surface area contributed by atoms with Gasteiger partial charge in [-0.3, -0.25) is 0 Å². The van der Waals surface area contributed by atoms with E-state index in [-0.39, 0.29) is 5.97 Å². The average Bonchev–Trinajstić information content (AvgIpc) is 2.68. The molecule has 0 atom stereocenters. The van der Waals surface area contributed by atoms with E-state index in [4.69, 9.17) is 4.74 Å². The van der Waals surface area contributed by atoms with Crippen LogP contribution in [-0.2, 0) is 4.74 Å². The van der Waals surface area contributed by atoms with E-state index in [0.717, 1.165) is 11.4 Å². The summed E-state index contributed by atoms with van der Waals surface area (Å²) in [5, 5.41) is 0. The molecule has 0 unspecified atom stereocenters. The second-order valence-corrected chi connectivity index (χ2v) is 3.82. The zero-order valence-corrected chi connectivity index (χ0v) is 10.1. The first kappa shape index (κ1) is 11.4. The van der Waals surface area contributed by atoms with Crippen LogP contribution in [0.2, 0.25) is 0 Å². The second kappa shape index (κ2) is 4.41. The van der Waals surface area contributed by atoms with Crippen molar-refractivity contribution in [2.45, 2.75) is 13.8 Å². The van der Waals surface area contributed by atoms with Crippen LogP contribution < -0.4 is 0 Å². The number of nitrogens with zero attached hydrogens (tertiary/aromatic N) is 2. The van der Waals surface area contributed by atoms with Gasteiger partial charge in [-0.1, -0.05) is 0 Å². The highest BCUT2D eigenvalue weighted by Crippen LogP contribution is 2.18. The first-order valence-corrected chi connectivity index (χ1v) is 5.34. The Bertz CT molecular complexity index is 539. The van der Waals surface area contributed by atoms with Crippen molar-refractivity contribution in [1.29, 1.82) is 0 Å². The molecule has 2 aromatic heterocycles. The van der Waals surface area contributed by atoms with Crippen LogP contribution in [-0.4, -0.2) is 22.6 Å². The van der Waals surface area contributed by atoms with Gasteiger partial charge < -0.3 is 9.30 Å². The van der Waals surface area contributed by atoms with Gasteiger partial charge in [0.2, 0.25) is 0 Å². The standard InChI is InChI=1S/C13H14N2O2/c1-9-6-7-10(2)15(9)12-11(13(16)17-3)5-4-8-14-12/h4-8H,1-3H3. The highest BCUT2D eigenvalue weighted by atomic mass is 16.5. The van der Waals surface area contributed by atoms with E-state index < -0.39 is 0 Å². The Kier molecular flexibility index (Phi) is 2.95. The molecular weight excluding hydrogens is 216 g/mol. The molecule has 0 saturated carbocycles. The minimum Gasteiger partial charge on any atom is -0.465 e. The highest BCUT2D eigenvalue weighted by Gasteiger charge is 2.15. The lowest BCUT2D eigenvalue weighted by Gasteiger charge is -2.11. The van der Waals surface area contributed by atoms with Gasteiger partial charge >= 0.3 is 5.97 Å². The predicted octanol–water partition coefficient (Wildman–Crippen LogP) is 2.28. The van der Waals surface area contributed by atoms with Gasteiger partial charge in [0.05, 0.1) is 7.11 Å². The topological polar surface area (TPSA) is 44.1 Å². The van der Waals surface area contributed by atoms with Gasteiger partial charge in [0.25, 0.3) is 0 Å². The van der Waals surface area contributed by atoms with Crippen LogP contribution in [0.5, 0.6) is 0 Å². The van der Waals surface area contributed by atoms with Crippen molar-refractivity contribution in [3.8, 4) is 5.82 Å². The van der Waals surface area contributed by atoms with E-state index in [0.29, 0.717) is 11.4 Å². The second-order valence-electron chi connectivity index (χ2n) is 3.82. The molecule has 0 saturated heterocycles. The zero-order valence-electron chi connectivity index (χ0n) is 10.1. The van der Waals surface area contributed by atoms with E-state index in [2.05, 4.69) is 4.98 Å². The maximum Gasteiger partial charge on any atom is 0.341 e. The van der Waals surface area contributed by atoms with Gasteiger partial charge in [-0.2, -0.15) is 0 Å². The van der Waals surface area contributed by atoms with Crippen LogP contribution in [0.4, 0.5) is 0 Å². The maximum absolute atomic E-state index is 11.7. The summed E-state index contributed by atoms with van der Waals surface area (Å²) in [6.07, 6.45) is 1.67. The number of hydrogen-bond donors (Lipinski definition) is 0. The van der Waals surface area contributed by atoms with E-state index in [9.17, 15) is 4.79 Å². The van der Waals surface area contributed by atoms with Crippen LogP contribution >= 0.6 is 0 Å². The summed E-state index contributed by atoms with van der Waals surface area (Å²) in [4.78, 5) is 16.0. The van der Waals surface area contributed by atoms with Crippen molar-refractivity contribution in [3.05, 3.63) is 47.4 Å². The first-order valence-electron chi connectivity index (χ1n) is 5.34. The monoisotopic (exact) mass is 230 g/mol. The third kappa shape index (κ3) is 1.93. The molecule has 0 fully saturated rings. The third-order valence-corrected chi connectivity index (χ3v) is 2.67. The van der Waals surface area contributed by atoms with Crippen molar-refractivity contribution in [2.24, 2.45) is 0 Å². The quantitative estimate of drug-likeness (QED) is 0.743. The Balaban J connectivity index is 2.64. The number of rotatable bonds is 2. The number of methoxy groups -OCH3 is 1. The molecule has 17 heavy (non-hydrogen) atoms. The third-order valence-electron chi connectivity index (χ3n) is 2.67. The SMILES string of the molecule is COC(=O)c1cccnc1-n1c(C)ccc1C. The molecule has 0 aliphatic heterocycles. The molecule has 4 heteroatoms. The molecular formula is C13H14N2O2. The summed E-state index contributed by atoms with van der Waals surface area (Å²) < 4.78 is 6.70. The number of pyridine rings is 1. The normalized spacial score (nSPS) is 10.3. The van der Waals surface area contributed by atoms with Crippen LogP contribution in [0.15, 0.2) is 30.5 Å². The lowest BCUT2D eigenvalue weighted by atomic mass is 10.2. The number of aromatic nitrogens is 2. The molecule has 88 valence electrons. The van der Waals surface area contributed by atoms with Crippen molar-refractivity contribution in [2.75, 3.05) is 7.11 Å². The van der Waals surface area contributed by atoms with Crippen LogP contribution in [0.3, 0.4) is 0 Å². The van der Waals surface area contributed by atoms with E-state index in [1.807, 2.05) is 30.5 Å². The highest BCUT2D eigenvalue weighted by molar-refractivity contribution is 5.92. The zero-order chi connectivity index (χ0) is 12.4. The largest absolute Gasteiger partial charge is 0.465 e. The van der Waals surface area contributed by atoms with Crippen LogP contribution in [0.25, 0.3) is 5.82 Å². The van der Waals surface area contributed by atoms with Crippen LogP contribution in [0, 0.1) is 13.8 Å². The summed E-state index contributed by atoms with van der Waals surface area (Å²) in [5.41, 5.74) is 2.54. The maximum atomic E-state index is 11.7. The summed E-state index contributed by atoms with van der Waals surface area (Å²) in [5.74, 6) is 0.236. The smallest absolute Gasteiger partial charge is 0.341 e.